The van der Waals surface area contributed by atoms with Crippen molar-refractivity contribution in [3.63, 3.8) is 0 Å². The second-order valence-corrected chi connectivity index (χ2v) is 9.47. The fourth-order valence-electron chi connectivity index (χ4n) is 4.60. The van der Waals surface area contributed by atoms with Crippen molar-refractivity contribution < 1.29 is 18.7 Å². The Hall–Kier alpha value is -2.64. The van der Waals surface area contributed by atoms with E-state index in [4.69, 9.17) is 16.3 Å². The van der Waals surface area contributed by atoms with E-state index in [9.17, 15) is 14.0 Å². The Labute approximate surface area is 205 Å². The lowest BCUT2D eigenvalue weighted by Crippen LogP contribution is -2.48. The highest BCUT2D eigenvalue weighted by Gasteiger charge is 2.30. The first kappa shape index (κ1) is 24.5. The molecule has 4 rings (SSSR count). The van der Waals surface area contributed by atoms with Gasteiger partial charge in [0.2, 0.25) is 5.91 Å². The van der Waals surface area contributed by atoms with Gasteiger partial charge in [0.1, 0.15) is 12.4 Å². The van der Waals surface area contributed by atoms with Crippen molar-refractivity contribution in [2.75, 3.05) is 26.2 Å². The lowest BCUT2D eigenvalue weighted by atomic mass is 9.95. The molecule has 2 saturated heterocycles. The van der Waals surface area contributed by atoms with Crippen LogP contribution >= 0.6 is 11.6 Å². The van der Waals surface area contributed by atoms with Gasteiger partial charge in [0.05, 0.1) is 0 Å². The Morgan fingerprint density at radius 3 is 2.35 bits per heavy atom. The molecular weight excluding hydrogens is 457 g/mol. The van der Waals surface area contributed by atoms with Crippen LogP contribution in [-0.2, 0) is 22.7 Å². The van der Waals surface area contributed by atoms with Gasteiger partial charge in [0.25, 0.3) is 0 Å². The number of nitrogens with zero attached hydrogens (tertiary/aromatic N) is 2. The van der Waals surface area contributed by atoms with Crippen LogP contribution in [0.15, 0.2) is 48.5 Å². The molecule has 2 aromatic carbocycles. The van der Waals surface area contributed by atoms with E-state index in [2.05, 4.69) is 10.2 Å². The van der Waals surface area contributed by atoms with Crippen molar-refractivity contribution in [1.29, 1.82) is 0 Å². The zero-order valence-electron chi connectivity index (χ0n) is 19.2. The summed E-state index contributed by atoms with van der Waals surface area (Å²) in [6.45, 7) is 3.33. The predicted molar refractivity (Wildman–Crippen MR) is 129 cm³/mol. The van der Waals surface area contributed by atoms with E-state index in [-0.39, 0.29) is 36.4 Å². The van der Waals surface area contributed by atoms with Crippen LogP contribution in [0, 0.1) is 11.7 Å². The van der Waals surface area contributed by atoms with Crippen LogP contribution in [0.2, 0.25) is 5.02 Å². The van der Waals surface area contributed by atoms with Gasteiger partial charge in [0, 0.05) is 55.3 Å². The van der Waals surface area contributed by atoms with Gasteiger partial charge in [0.15, 0.2) is 0 Å². The van der Waals surface area contributed by atoms with E-state index in [1.165, 1.54) is 6.07 Å². The molecule has 2 fully saturated rings. The standard InChI is InChI=1S/C26H31ClFN3O3/c27-23-7-4-8-24(28)22(23)17-30-13-11-21(12-14-30)29-25(32)20-9-15-31(16-10-20)26(33)34-18-19-5-2-1-3-6-19/h1-8,20-21H,9-18H2,(H,29,32). The van der Waals surface area contributed by atoms with Gasteiger partial charge in [-0.2, -0.15) is 0 Å². The van der Waals surface area contributed by atoms with E-state index < -0.39 is 0 Å². The summed E-state index contributed by atoms with van der Waals surface area (Å²) >= 11 is 6.15. The first-order valence-electron chi connectivity index (χ1n) is 11.9. The Kier molecular flexibility index (Phi) is 8.40. The number of rotatable bonds is 6. The second kappa shape index (κ2) is 11.7. The number of likely N-dealkylation sites (tertiary alicyclic amines) is 2. The van der Waals surface area contributed by atoms with Crippen LogP contribution in [0.1, 0.15) is 36.8 Å². The van der Waals surface area contributed by atoms with Gasteiger partial charge in [-0.3, -0.25) is 9.69 Å². The zero-order chi connectivity index (χ0) is 23.9. The van der Waals surface area contributed by atoms with E-state index in [1.54, 1.807) is 17.0 Å². The number of nitrogens with one attached hydrogen (secondary N) is 1. The Morgan fingerprint density at radius 1 is 0.971 bits per heavy atom. The minimum atomic E-state index is -0.329. The summed E-state index contributed by atoms with van der Waals surface area (Å²) in [4.78, 5) is 29.0. The van der Waals surface area contributed by atoms with Gasteiger partial charge in [-0.05, 0) is 43.4 Å². The minimum Gasteiger partial charge on any atom is -0.445 e. The first-order chi connectivity index (χ1) is 16.5. The number of piperidine rings is 2. The molecule has 0 unspecified atom stereocenters. The smallest absolute Gasteiger partial charge is 0.410 e. The molecule has 2 heterocycles. The van der Waals surface area contributed by atoms with Crippen LogP contribution in [0.3, 0.4) is 0 Å². The van der Waals surface area contributed by atoms with Gasteiger partial charge in [-0.1, -0.05) is 48.0 Å². The highest BCUT2D eigenvalue weighted by atomic mass is 35.5. The third-order valence-electron chi connectivity index (χ3n) is 6.71. The summed E-state index contributed by atoms with van der Waals surface area (Å²) < 4.78 is 19.5. The molecule has 2 aliphatic rings. The number of ether oxygens (including phenoxy) is 1. The van der Waals surface area contributed by atoms with Crippen LogP contribution in [0.5, 0.6) is 0 Å². The topological polar surface area (TPSA) is 61.9 Å². The summed E-state index contributed by atoms with van der Waals surface area (Å²) in [5.41, 5.74) is 1.48. The molecule has 182 valence electrons. The molecule has 2 aliphatic heterocycles. The van der Waals surface area contributed by atoms with Crippen molar-refractivity contribution in [3.05, 3.63) is 70.5 Å². The number of amides is 2. The molecule has 2 amide bonds. The Balaban J connectivity index is 1.16. The highest BCUT2D eigenvalue weighted by Crippen LogP contribution is 2.23. The number of hydrogen-bond acceptors (Lipinski definition) is 4. The number of hydrogen-bond donors (Lipinski definition) is 1. The quantitative estimate of drug-likeness (QED) is 0.646. The van der Waals surface area contributed by atoms with Gasteiger partial charge in [-0.15, -0.1) is 0 Å². The maximum atomic E-state index is 14.1. The van der Waals surface area contributed by atoms with Gasteiger partial charge < -0.3 is 15.0 Å². The molecule has 0 spiro atoms. The number of halogens is 2. The van der Waals surface area contributed by atoms with Crippen LogP contribution in [0.4, 0.5) is 9.18 Å². The predicted octanol–water partition coefficient (Wildman–Crippen LogP) is 4.61. The maximum absolute atomic E-state index is 14.1. The summed E-state index contributed by atoms with van der Waals surface area (Å²) in [5, 5.41) is 3.64. The fourth-order valence-corrected chi connectivity index (χ4v) is 4.82. The van der Waals surface area contributed by atoms with Crippen LogP contribution in [0.25, 0.3) is 0 Å². The van der Waals surface area contributed by atoms with E-state index in [1.807, 2.05) is 30.3 Å². The van der Waals surface area contributed by atoms with Crippen molar-refractivity contribution in [2.24, 2.45) is 5.92 Å². The monoisotopic (exact) mass is 487 g/mol. The average molecular weight is 488 g/mol. The fraction of sp³-hybridized carbons (Fsp3) is 0.462. The molecule has 0 radical (unpaired) electrons. The number of benzene rings is 2. The molecule has 0 bridgehead atoms. The van der Waals surface area contributed by atoms with Crippen molar-refractivity contribution in [2.45, 2.75) is 44.9 Å². The summed E-state index contributed by atoms with van der Waals surface area (Å²) in [6, 6.07) is 14.5. The van der Waals surface area contributed by atoms with E-state index in [0.717, 1.165) is 31.5 Å². The molecule has 0 atom stereocenters. The Bertz CT molecular complexity index is 954. The van der Waals surface area contributed by atoms with Crippen LogP contribution < -0.4 is 5.32 Å². The summed E-state index contributed by atoms with van der Waals surface area (Å²) in [5.74, 6) is -0.306. The van der Waals surface area contributed by atoms with E-state index in [0.29, 0.717) is 43.1 Å². The molecule has 34 heavy (non-hydrogen) atoms. The lowest BCUT2D eigenvalue weighted by molar-refractivity contribution is -0.127. The second-order valence-electron chi connectivity index (χ2n) is 9.06. The number of carbonyl (C=O) groups excluding carboxylic acids is 2. The first-order valence-corrected chi connectivity index (χ1v) is 12.3. The minimum absolute atomic E-state index is 0.0629. The Morgan fingerprint density at radius 2 is 1.68 bits per heavy atom. The van der Waals surface area contributed by atoms with Crippen molar-refractivity contribution >= 4 is 23.6 Å². The van der Waals surface area contributed by atoms with Crippen molar-refractivity contribution in [1.82, 2.24) is 15.1 Å². The third kappa shape index (κ3) is 6.48. The molecular formula is C26H31ClFN3O3. The summed E-state index contributed by atoms with van der Waals surface area (Å²) in [6.07, 6.45) is 2.59. The molecule has 0 aromatic heterocycles. The zero-order valence-corrected chi connectivity index (χ0v) is 20.0. The molecule has 0 aliphatic carbocycles. The number of carbonyl (C=O) groups is 2. The maximum Gasteiger partial charge on any atom is 0.410 e. The van der Waals surface area contributed by atoms with E-state index >= 15 is 0 Å². The molecule has 1 N–H and O–H groups in total. The van der Waals surface area contributed by atoms with Gasteiger partial charge >= 0.3 is 6.09 Å². The molecule has 8 heteroatoms. The lowest BCUT2D eigenvalue weighted by Gasteiger charge is -2.35. The normalized spacial score (nSPS) is 18.0. The van der Waals surface area contributed by atoms with Gasteiger partial charge in [-0.25, -0.2) is 9.18 Å². The average Bonchev–Trinajstić information content (AvgIpc) is 2.86. The largest absolute Gasteiger partial charge is 0.445 e. The molecule has 0 saturated carbocycles. The van der Waals surface area contributed by atoms with Crippen LogP contribution in [-0.4, -0.2) is 54.0 Å². The molecule has 6 nitrogen and oxygen atoms in total. The third-order valence-corrected chi connectivity index (χ3v) is 7.06. The SMILES string of the molecule is O=C(NC1CCN(Cc2c(F)cccc2Cl)CC1)C1CCN(C(=O)OCc2ccccc2)CC1. The highest BCUT2D eigenvalue weighted by molar-refractivity contribution is 6.31. The molecule has 2 aromatic rings. The van der Waals surface area contributed by atoms with Crippen molar-refractivity contribution in [3.8, 4) is 0 Å². The summed E-state index contributed by atoms with van der Waals surface area (Å²) in [7, 11) is 0.